The first kappa shape index (κ1) is 16.3. The smallest absolute Gasteiger partial charge is 0.545 e. The largest absolute Gasteiger partial charge is 1.00 e. The first-order chi connectivity index (χ1) is 6.57. The molecule has 0 aromatic heterocycles. The number of hydrogen-bond acceptors (Lipinski definition) is 3. The number of hydrogen-bond donors (Lipinski definition) is 1. The summed E-state index contributed by atoms with van der Waals surface area (Å²) in [5.41, 5.74) is 0.331. The van der Waals surface area contributed by atoms with Crippen molar-refractivity contribution in [1.29, 1.82) is 0 Å². The van der Waals surface area contributed by atoms with Crippen LogP contribution in [0.5, 0.6) is 0 Å². The van der Waals surface area contributed by atoms with Crippen LogP contribution < -0.4 is 34.7 Å². The first-order valence-electron chi connectivity index (χ1n) is 3.69. The molecule has 0 saturated heterocycles. The van der Waals surface area contributed by atoms with Gasteiger partial charge in [-0.15, -0.1) is 0 Å². The van der Waals surface area contributed by atoms with Gasteiger partial charge in [-0.05, 0) is 18.2 Å². The van der Waals surface area contributed by atoms with Crippen molar-refractivity contribution in [2.24, 2.45) is 0 Å². The minimum Gasteiger partial charge on any atom is -0.545 e. The van der Waals surface area contributed by atoms with Crippen molar-refractivity contribution in [1.82, 2.24) is 0 Å². The monoisotopic (exact) mass is 216 g/mol. The molecule has 74 valence electrons. The van der Waals surface area contributed by atoms with Crippen molar-refractivity contribution >= 4 is 11.9 Å². The molecular weight excluding hydrogens is 207 g/mol. The van der Waals surface area contributed by atoms with E-state index in [9.17, 15) is 4.79 Å². The summed E-state index contributed by atoms with van der Waals surface area (Å²) >= 11 is 0. The number of aromatic carboxylic acids is 1. The van der Waals surface area contributed by atoms with Gasteiger partial charge in [0.15, 0.2) is 0 Å². The van der Waals surface area contributed by atoms with Crippen molar-refractivity contribution in [3.8, 4) is 0 Å². The van der Waals surface area contributed by atoms with Gasteiger partial charge in [0.25, 0.3) is 0 Å². The normalized spacial score (nSPS) is 7.47. The number of benzene rings is 1. The maximum Gasteiger partial charge on any atom is 1.00 e. The summed E-state index contributed by atoms with van der Waals surface area (Å²) in [5.74, 6) is -2.11. The number of rotatable bonds is 2. The van der Waals surface area contributed by atoms with E-state index in [0.29, 0.717) is 5.56 Å². The third-order valence-corrected chi connectivity index (χ3v) is 1.19. The Bertz CT molecular complexity index is 321. The SMILES string of the molecule is C=CC(=O)[O-].O=C(O)c1ccccc1.[Na+]. The molecule has 0 amide bonds. The van der Waals surface area contributed by atoms with Gasteiger partial charge in [0.1, 0.15) is 0 Å². The minimum absolute atomic E-state index is 0. The molecule has 0 spiro atoms. The molecule has 0 aliphatic carbocycles. The summed E-state index contributed by atoms with van der Waals surface area (Å²) in [5, 5.41) is 17.5. The van der Waals surface area contributed by atoms with Gasteiger partial charge < -0.3 is 15.0 Å². The van der Waals surface area contributed by atoms with Gasteiger partial charge in [0.05, 0.1) is 11.5 Å². The van der Waals surface area contributed by atoms with Crippen LogP contribution in [0.2, 0.25) is 0 Å². The van der Waals surface area contributed by atoms with Crippen molar-refractivity contribution in [3.05, 3.63) is 48.6 Å². The van der Waals surface area contributed by atoms with Gasteiger partial charge in [0.2, 0.25) is 0 Å². The third kappa shape index (κ3) is 9.21. The summed E-state index contributed by atoms with van der Waals surface area (Å²) in [6.45, 7) is 2.90. The predicted molar refractivity (Wildman–Crippen MR) is 48.6 cm³/mol. The molecule has 0 atom stereocenters. The summed E-state index contributed by atoms with van der Waals surface area (Å²) in [6.07, 6.45) is 0.722. The summed E-state index contributed by atoms with van der Waals surface area (Å²) in [7, 11) is 0. The van der Waals surface area contributed by atoms with Crippen LogP contribution in [0, 0.1) is 0 Å². The second-order valence-electron chi connectivity index (χ2n) is 2.19. The van der Waals surface area contributed by atoms with E-state index in [1.54, 1.807) is 30.3 Å². The topological polar surface area (TPSA) is 77.4 Å². The Hall–Kier alpha value is -1.10. The second kappa shape index (κ2) is 9.45. The van der Waals surface area contributed by atoms with E-state index in [0.717, 1.165) is 6.08 Å². The molecule has 1 aromatic rings. The number of carbonyl (C=O) groups is 2. The van der Waals surface area contributed by atoms with Gasteiger partial charge in [-0.1, -0.05) is 24.8 Å². The van der Waals surface area contributed by atoms with Gasteiger partial charge >= 0.3 is 35.5 Å². The summed E-state index contributed by atoms with van der Waals surface area (Å²) < 4.78 is 0. The Morgan fingerprint density at radius 3 is 1.87 bits per heavy atom. The fraction of sp³-hybridized carbons (Fsp3) is 0. The fourth-order valence-electron chi connectivity index (χ4n) is 0.581. The van der Waals surface area contributed by atoms with Gasteiger partial charge in [-0.2, -0.15) is 0 Å². The molecule has 15 heavy (non-hydrogen) atoms. The molecule has 0 saturated carbocycles. The molecule has 5 heteroatoms. The maximum atomic E-state index is 10.2. The summed E-state index contributed by atoms with van der Waals surface area (Å²) in [4.78, 5) is 19.3. The first-order valence-corrected chi connectivity index (χ1v) is 3.69. The minimum atomic E-state index is -1.23. The predicted octanol–water partition coefficient (Wildman–Crippen LogP) is -2.69. The van der Waals surface area contributed by atoms with Crippen LogP contribution in [0.1, 0.15) is 10.4 Å². The standard InChI is InChI=1S/C7H6O2.C3H4O2.Na/c8-7(9)6-4-2-1-3-5-6;1-2-3(4)5;/h1-5H,(H,8,9);2H,1H2,(H,4,5);/q;;+1/p-1. The number of aliphatic carboxylic acids is 1. The van der Waals surface area contributed by atoms with E-state index < -0.39 is 11.9 Å². The molecule has 1 N–H and O–H groups in total. The van der Waals surface area contributed by atoms with Gasteiger partial charge in [-0.25, -0.2) is 4.79 Å². The number of carbonyl (C=O) groups excluding carboxylic acids is 1. The molecule has 0 heterocycles. The molecule has 0 bridgehead atoms. The molecule has 1 aromatic carbocycles. The van der Waals surface area contributed by atoms with Crippen LogP contribution in [0.3, 0.4) is 0 Å². The molecule has 0 radical (unpaired) electrons. The Kier molecular flexibility index (Phi) is 10.3. The maximum absolute atomic E-state index is 10.2. The number of carboxylic acids is 2. The molecule has 0 aliphatic rings. The van der Waals surface area contributed by atoms with Crippen LogP contribution in [0.25, 0.3) is 0 Å². The van der Waals surface area contributed by atoms with E-state index >= 15 is 0 Å². The Balaban J connectivity index is 0. The Morgan fingerprint density at radius 2 is 1.67 bits per heavy atom. The zero-order valence-corrected chi connectivity index (χ0v) is 10.3. The van der Waals surface area contributed by atoms with Crippen molar-refractivity contribution in [2.75, 3.05) is 0 Å². The van der Waals surface area contributed by atoms with E-state index in [1.807, 2.05) is 0 Å². The summed E-state index contributed by atoms with van der Waals surface area (Å²) in [6, 6.07) is 8.30. The zero-order valence-electron chi connectivity index (χ0n) is 8.34. The molecular formula is C10H9NaO4. The van der Waals surface area contributed by atoms with Crippen LogP contribution in [-0.2, 0) is 4.79 Å². The van der Waals surface area contributed by atoms with Gasteiger partial charge in [0, 0.05) is 0 Å². The molecule has 1 rings (SSSR count). The van der Waals surface area contributed by atoms with E-state index in [1.165, 1.54) is 0 Å². The van der Waals surface area contributed by atoms with Crippen molar-refractivity contribution in [2.45, 2.75) is 0 Å². The molecule has 0 aliphatic heterocycles. The van der Waals surface area contributed by atoms with Gasteiger partial charge in [-0.3, -0.25) is 0 Å². The Morgan fingerprint density at radius 1 is 1.27 bits per heavy atom. The van der Waals surface area contributed by atoms with Crippen molar-refractivity contribution in [3.63, 3.8) is 0 Å². The molecule has 4 nitrogen and oxygen atoms in total. The van der Waals surface area contributed by atoms with E-state index in [4.69, 9.17) is 15.0 Å². The van der Waals surface area contributed by atoms with Crippen LogP contribution in [0.4, 0.5) is 0 Å². The van der Waals surface area contributed by atoms with E-state index in [2.05, 4.69) is 6.58 Å². The van der Waals surface area contributed by atoms with E-state index in [-0.39, 0.29) is 29.6 Å². The number of carboxylic acid groups (broad SMARTS) is 2. The second-order valence-corrected chi connectivity index (χ2v) is 2.19. The van der Waals surface area contributed by atoms with Crippen LogP contribution >= 0.6 is 0 Å². The molecule has 0 fully saturated rings. The average molecular weight is 216 g/mol. The quantitative estimate of drug-likeness (QED) is 0.431. The zero-order chi connectivity index (χ0) is 11.0. The van der Waals surface area contributed by atoms with Crippen molar-refractivity contribution < 1.29 is 49.4 Å². The third-order valence-electron chi connectivity index (χ3n) is 1.19. The van der Waals surface area contributed by atoms with Crippen LogP contribution in [0.15, 0.2) is 43.0 Å². The molecule has 0 unspecified atom stereocenters. The average Bonchev–Trinajstić information content (AvgIpc) is 2.20. The Labute approximate surface area is 110 Å². The fourth-order valence-corrected chi connectivity index (χ4v) is 0.581. The van der Waals surface area contributed by atoms with Crippen LogP contribution in [-0.4, -0.2) is 17.0 Å².